The summed E-state index contributed by atoms with van der Waals surface area (Å²) in [4.78, 5) is 13.4. The van der Waals surface area contributed by atoms with E-state index in [2.05, 4.69) is 29.2 Å². The van der Waals surface area contributed by atoms with Crippen molar-refractivity contribution < 1.29 is 9.90 Å². The highest BCUT2D eigenvalue weighted by molar-refractivity contribution is 5.68. The molecular weight excluding hydrogens is 238 g/mol. The van der Waals surface area contributed by atoms with Gasteiger partial charge in [0.05, 0.1) is 6.42 Å². The summed E-state index contributed by atoms with van der Waals surface area (Å²) in [5, 5.41) is 9.13. The molecule has 0 aromatic heterocycles. The maximum Gasteiger partial charge on any atom is 0.305 e. The van der Waals surface area contributed by atoms with Crippen molar-refractivity contribution in [3.8, 4) is 0 Å². The number of hydrogen-bond acceptors (Lipinski definition) is 2. The first-order valence-corrected chi connectivity index (χ1v) is 7.30. The van der Waals surface area contributed by atoms with E-state index in [1.54, 1.807) is 0 Å². The highest BCUT2D eigenvalue weighted by Crippen LogP contribution is 2.40. The number of benzene rings is 1. The van der Waals surface area contributed by atoms with Gasteiger partial charge in [0, 0.05) is 6.04 Å². The fourth-order valence-electron chi connectivity index (χ4n) is 3.08. The van der Waals surface area contributed by atoms with E-state index in [9.17, 15) is 4.79 Å². The van der Waals surface area contributed by atoms with Gasteiger partial charge in [0.1, 0.15) is 0 Å². The number of carboxylic acids is 1. The van der Waals surface area contributed by atoms with Crippen LogP contribution < -0.4 is 0 Å². The van der Waals surface area contributed by atoms with E-state index < -0.39 is 5.97 Å². The molecule has 2 fully saturated rings. The Kier molecular flexibility index (Phi) is 3.56. The molecule has 1 aliphatic heterocycles. The Bertz CT molecular complexity index is 444. The zero-order valence-electron chi connectivity index (χ0n) is 11.2. The van der Waals surface area contributed by atoms with Gasteiger partial charge < -0.3 is 5.11 Å². The third-order valence-corrected chi connectivity index (χ3v) is 4.32. The van der Waals surface area contributed by atoms with Gasteiger partial charge in [0.15, 0.2) is 0 Å². The first-order valence-electron chi connectivity index (χ1n) is 7.30. The molecule has 1 saturated heterocycles. The standard InChI is InChI=1S/C16H21NO2/c18-16(19)11-15(17-9-1-2-10-17)14-7-5-13(6-8-14)12-3-4-12/h5-8,12,15H,1-4,9-11H2,(H,18,19). The Morgan fingerprint density at radius 2 is 1.84 bits per heavy atom. The molecular formula is C16H21NO2. The molecule has 0 bridgehead atoms. The molecule has 3 heteroatoms. The minimum Gasteiger partial charge on any atom is -0.481 e. The average Bonchev–Trinajstić information content (AvgIpc) is 3.12. The number of nitrogens with zero attached hydrogens (tertiary/aromatic N) is 1. The fourth-order valence-corrected chi connectivity index (χ4v) is 3.08. The number of hydrogen-bond donors (Lipinski definition) is 1. The van der Waals surface area contributed by atoms with Crippen LogP contribution >= 0.6 is 0 Å². The number of carbonyl (C=O) groups is 1. The molecule has 2 aliphatic rings. The Hall–Kier alpha value is -1.35. The second kappa shape index (κ2) is 5.33. The van der Waals surface area contributed by atoms with Crippen molar-refractivity contribution >= 4 is 5.97 Å². The molecule has 3 nitrogen and oxygen atoms in total. The van der Waals surface area contributed by atoms with Crippen LogP contribution in [0.3, 0.4) is 0 Å². The van der Waals surface area contributed by atoms with Crippen molar-refractivity contribution in [1.29, 1.82) is 0 Å². The van der Waals surface area contributed by atoms with Crippen LogP contribution in [0.5, 0.6) is 0 Å². The number of rotatable bonds is 5. The van der Waals surface area contributed by atoms with E-state index in [0.717, 1.165) is 24.6 Å². The third-order valence-electron chi connectivity index (χ3n) is 4.32. The third kappa shape index (κ3) is 2.98. The summed E-state index contributed by atoms with van der Waals surface area (Å²) in [6.45, 7) is 2.06. The van der Waals surface area contributed by atoms with E-state index in [1.165, 1.54) is 31.2 Å². The van der Waals surface area contributed by atoms with E-state index in [4.69, 9.17) is 5.11 Å². The largest absolute Gasteiger partial charge is 0.481 e. The van der Waals surface area contributed by atoms with E-state index >= 15 is 0 Å². The van der Waals surface area contributed by atoms with Crippen LogP contribution in [0.4, 0.5) is 0 Å². The molecule has 1 aromatic rings. The topological polar surface area (TPSA) is 40.5 Å². The summed E-state index contributed by atoms with van der Waals surface area (Å²) in [6, 6.07) is 8.71. The van der Waals surface area contributed by atoms with E-state index in [-0.39, 0.29) is 12.5 Å². The smallest absolute Gasteiger partial charge is 0.305 e. The highest BCUT2D eigenvalue weighted by Gasteiger charge is 2.27. The van der Waals surface area contributed by atoms with Crippen LogP contribution in [-0.2, 0) is 4.79 Å². The first kappa shape index (κ1) is 12.7. The van der Waals surface area contributed by atoms with Gasteiger partial charge in [-0.2, -0.15) is 0 Å². The predicted molar refractivity (Wildman–Crippen MR) is 74.2 cm³/mol. The van der Waals surface area contributed by atoms with Crippen LogP contribution in [0.2, 0.25) is 0 Å². The number of carboxylic acid groups (broad SMARTS) is 1. The summed E-state index contributed by atoms with van der Waals surface area (Å²) in [6.07, 6.45) is 5.21. The number of aliphatic carboxylic acids is 1. The van der Waals surface area contributed by atoms with Crippen molar-refractivity contribution in [2.45, 2.75) is 44.1 Å². The summed E-state index contributed by atoms with van der Waals surface area (Å²) in [5.41, 5.74) is 2.58. The van der Waals surface area contributed by atoms with E-state index in [0.29, 0.717) is 0 Å². The van der Waals surface area contributed by atoms with Crippen molar-refractivity contribution in [2.75, 3.05) is 13.1 Å². The molecule has 3 rings (SSSR count). The maximum absolute atomic E-state index is 11.1. The second-order valence-corrected chi connectivity index (χ2v) is 5.80. The monoisotopic (exact) mass is 259 g/mol. The SMILES string of the molecule is O=C(O)CC(c1ccc(C2CC2)cc1)N1CCCC1. The fraction of sp³-hybridized carbons (Fsp3) is 0.562. The van der Waals surface area contributed by atoms with Gasteiger partial charge in [0.2, 0.25) is 0 Å². The van der Waals surface area contributed by atoms with Gasteiger partial charge in [-0.1, -0.05) is 24.3 Å². The molecule has 102 valence electrons. The zero-order valence-corrected chi connectivity index (χ0v) is 11.2. The number of likely N-dealkylation sites (tertiary alicyclic amines) is 1. The Labute approximate surface area is 114 Å². The molecule has 0 amide bonds. The lowest BCUT2D eigenvalue weighted by atomic mass is 9.99. The van der Waals surface area contributed by atoms with Crippen LogP contribution in [0, 0.1) is 0 Å². The quantitative estimate of drug-likeness (QED) is 0.883. The Morgan fingerprint density at radius 1 is 1.21 bits per heavy atom. The molecule has 1 atom stereocenters. The molecule has 19 heavy (non-hydrogen) atoms. The first-order chi connectivity index (χ1) is 9.24. The lowest BCUT2D eigenvalue weighted by Gasteiger charge is -2.26. The van der Waals surface area contributed by atoms with Crippen molar-refractivity contribution in [1.82, 2.24) is 4.90 Å². The lowest BCUT2D eigenvalue weighted by Crippen LogP contribution is -2.27. The molecule has 0 spiro atoms. The van der Waals surface area contributed by atoms with Crippen LogP contribution in [0.25, 0.3) is 0 Å². The molecule has 1 N–H and O–H groups in total. The summed E-state index contributed by atoms with van der Waals surface area (Å²) in [5.74, 6) is 0.0573. The highest BCUT2D eigenvalue weighted by atomic mass is 16.4. The normalized spacial score (nSPS) is 21.5. The molecule has 1 aromatic carbocycles. The Balaban J connectivity index is 1.78. The minimum atomic E-state index is -0.705. The predicted octanol–water partition coefficient (Wildman–Crippen LogP) is 3.18. The maximum atomic E-state index is 11.1. The summed E-state index contributed by atoms with van der Waals surface area (Å²) < 4.78 is 0. The molecule has 1 aliphatic carbocycles. The minimum absolute atomic E-state index is 0.0493. The van der Waals surface area contributed by atoms with Gasteiger partial charge in [0.25, 0.3) is 0 Å². The molecule has 1 unspecified atom stereocenters. The lowest BCUT2D eigenvalue weighted by molar-refractivity contribution is -0.138. The van der Waals surface area contributed by atoms with E-state index in [1.807, 2.05) is 0 Å². The summed E-state index contributed by atoms with van der Waals surface area (Å²) in [7, 11) is 0. The average molecular weight is 259 g/mol. The molecule has 0 radical (unpaired) electrons. The van der Waals surface area contributed by atoms with Crippen molar-refractivity contribution in [3.05, 3.63) is 35.4 Å². The summed E-state index contributed by atoms with van der Waals surface area (Å²) >= 11 is 0. The van der Waals surface area contributed by atoms with Crippen molar-refractivity contribution in [2.24, 2.45) is 0 Å². The zero-order chi connectivity index (χ0) is 13.2. The molecule has 1 saturated carbocycles. The van der Waals surface area contributed by atoms with Crippen molar-refractivity contribution in [3.63, 3.8) is 0 Å². The van der Waals surface area contributed by atoms with Crippen LogP contribution in [0.15, 0.2) is 24.3 Å². The second-order valence-electron chi connectivity index (χ2n) is 5.80. The van der Waals surface area contributed by atoms with Gasteiger partial charge >= 0.3 is 5.97 Å². The van der Waals surface area contributed by atoms with Gasteiger partial charge in [-0.05, 0) is 55.8 Å². The molecule has 1 heterocycles. The van der Waals surface area contributed by atoms with Crippen LogP contribution in [0.1, 0.15) is 55.2 Å². The van der Waals surface area contributed by atoms with Gasteiger partial charge in [-0.3, -0.25) is 9.69 Å². The van der Waals surface area contributed by atoms with Gasteiger partial charge in [-0.15, -0.1) is 0 Å². The Morgan fingerprint density at radius 3 is 2.37 bits per heavy atom. The van der Waals surface area contributed by atoms with Gasteiger partial charge in [-0.25, -0.2) is 0 Å². The van der Waals surface area contributed by atoms with Crippen LogP contribution in [-0.4, -0.2) is 29.1 Å².